The number of ether oxygens (including phenoxy) is 6. The number of nitrogens with zero attached hydrogens (tertiary/aromatic N) is 3. The molecule has 3 aliphatic rings. The summed E-state index contributed by atoms with van der Waals surface area (Å²) >= 11 is 0. The standard InChI is InChI=1S/C54H77N3O20S3/c1-53(2,3)45-39-42(76-48-38-41(15-17-44(45)48)55(22-11-37-79(64,65)66)24-25-71-28-29-73-32-33-75-35-34-74-31-30-72-27-26-70-5)12-9-13-49-54(4,21-10-36-78(61,62)63)46-40-43(80(67,68)69)16-18-47(46)56(49)23-8-6-7-14-52(60)77-57-50(58)19-20-51(57)59/h9,12-13,15-20,38-40H,6-8,10-11,14,21-37H2,1-5H3,(H4-,58,59,61,62,63,64,65,66,67,68,69)/p+1. The molecule has 0 saturated carbocycles. The van der Waals surface area contributed by atoms with E-state index in [0.717, 1.165) is 11.1 Å². The Morgan fingerprint density at radius 1 is 0.700 bits per heavy atom. The van der Waals surface area contributed by atoms with Gasteiger partial charge in [0.25, 0.3) is 30.4 Å². The van der Waals surface area contributed by atoms with Crippen molar-refractivity contribution in [3.8, 4) is 23.1 Å². The van der Waals surface area contributed by atoms with Gasteiger partial charge in [-0.05, 0) is 91.6 Å². The summed E-state index contributed by atoms with van der Waals surface area (Å²) in [6.07, 6.45) is 6.91. The van der Waals surface area contributed by atoms with Gasteiger partial charge in [-0.25, -0.2) is 9.37 Å². The third kappa shape index (κ3) is 20.9. The highest BCUT2D eigenvalue weighted by atomic mass is 32.2. The molecule has 1 aromatic heterocycles. The average molecular weight is 1190 g/mol. The van der Waals surface area contributed by atoms with E-state index in [1.54, 1.807) is 25.3 Å². The van der Waals surface area contributed by atoms with Crippen LogP contribution in [-0.2, 0) is 74.4 Å². The molecule has 2 aliphatic heterocycles. The Bertz CT molecular complexity index is 3070. The maximum absolute atomic E-state index is 12.6. The van der Waals surface area contributed by atoms with Crippen LogP contribution >= 0.6 is 0 Å². The molecule has 2 aromatic rings. The summed E-state index contributed by atoms with van der Waals surface area (Å²) < 4.78 is 144. The van der Waals surface area contributed by atoms with Crippen molar-refractivity contribution in [2.75, 3.05) is 116 Å². The normalized spacial score (nSPS) is 16.1. The van der Waals surface area contributed by atoms with Crippen LogP contribution in [0, 0.1) is 0 Å². The fourth-order valence-electron chi connectivity index (χ4n) is 9.10. The molecular weight excluding hydrogens is 1110 g/mol. The molecule has 0 fully saturated rings. The van der Waals surface area contributed by atoms with Gasteiger partial charge >= 0.3 is 5.97 Å². The van der Waals surface area contributed by atoms with E-state index in [9.17, 15) is 53.9 Å². The highest BCUT2D eigenvalue weighted by Crippen LogP contribution is 2.51. The Morgan fingerprint density at radius 3 is 1.86 bits per heavy atom. The lowest BCUT2D eigenvalue weighted by molar-refractivity contribution is -0.145. The second-order valence-corrected chi connectivity index (χ2v) is 24.8. The first kappa shape index (κ1) is 65.6. The molecule has 0 amide bonds. The number of hydrogen-bond donors (Lipinski definition) is 5. The van der Waals surface area contributed by atoms with Gasteiger partial charge in [0.2, 0.25) is 17.1 Å². The van der Waals surface area contributed by atoms with Gasteiger partial charge in [-0.15, -0.1) is 4.73 Å². The number of carbonyl (C=O) groups excluding carboxylic acids is 1. The van der Waals surface area contributed by atoms with Gasteiger partial charge in [-0.3, -0.25) is 13.7 Å². The first-order chi connectivity index (χ1) is 37.8. The molecule has 1 unspecified atom stereocenters. The monoisotopic (exact) mass is 1180 g/mol. The SMILES string of the molecule is COCCOCCOCCOCCOCCOCC[N+](CCCS(=O)(=O)O)=c1ccc2c(C(C)(C)C)cc(C=CC=C3N(CCCCCC(=O)On4c(O)ccc4O)c4ccc(S(=O)(=O)O)cc4C3(C)CCCS(=O)(=O)O)oc-2c1. The van der Waals surface area contributed by atoms with Gasteiger partial charge in [-0.2, -0.15) is 25.3 Å². The Balaban J connectivity index is 1.38. The van der Waals surface area contributed by atoms with E-state index in [-0.39, 0.29) is 49.1 Å². The fraction of sp³-hybridized carbons (Fsp3) is 0.556. The third-order valence-corrected chi connectivity index (χ3v) is 15.5. The third-order valence-electron chi connectivity index (χ3n) is 13.1. The number of aromatic hydroxyl groups is 2. The van der Waals surface area contributed by atoms with Crippen LogP contribution in [-0.4, -0.2) is 171 Å². The highest BCUT2D eigenvalue weighted by Gasteiger charge is 2.44. The minimum absolute atomic E-state index is 0.0134. The topological polar surface area (TPSA) is 310 Å². The largest absolute Gasteiger partial charge is 0.492 e. The van der Waals surface area contributed by atoms with Crippen molar-refractivity contribution in [2.45, 2.75) is 88.4 Å². The molecule has 5 N–H and O–H groups in total. The van der Waals surface area contributed by atoms with E-state index in [4.69, 9.17) is 37.7 Å². The summed E-state index contributed by atoms with van der Waals surface area (Å²) in [5, 5.41) is 20.4. The van der Waals surface area contributed by atoms with E-state index in [1.807, 2.05) is 46.7 Å². The summed E-state index contributed by atoms with van der Waals surface area (Å²) in [5.41, 5.74) is 2.06. The van der Waals surface area contributed by atoms with Crippen molar-refractivity contribution in [2.24, 2.45) is 0 Å². The number of methoxy groups -OCH3 is 1. The van der Waals surface area contributed by atoms with Crippen molar-refractivity contribution in [1.29, 1.82) is 0 Å². The van der Waals surface area contributed by atoms with Crippen LogP contribution in [0.5, 0.6) is 11.8 Å². The molecule has 1 aromatic carbocycles. The molecule has 26 heteroatoms. The van der Waals surface area contributed by atoms with Gasteiger partial charge < -0.3 is 52.8 Å². The van der Waals surface area contributed by atoms with E-state index in [2.05, 4.69) is 20.8 Å². The van der Waals surface area contributed by atoms with Crippen LogP contribution in [0.25, 0.3) is 17.4 Å². The van der Waals surface area contributed by atoms with Gasteiger partial charge in [-0.1, -0.05) is 33.3 Å². The maximum Gasteiger partial charge on any atom is 0.333 e. The quantitative estimate of drug-likeness (QED) is 0.0214. The molecule has 1 atom stereocenters. The van der Waals surface area contributed by atoms with Crippen molar-refractivity contribution in [3.05, 3.63) is 94.7 Å². The highest BCUT2D eigenvalue weighted by molar-refractivity contribution is 7.86. The predicted octanol–water partition coefficient (Wildman–Crippen LogP) is 5.48. The Labute approximate surface area is 468 Å². The first-order valence-corrected chi connectivity index (χ1v) is 31.0. The number of aromatic nitrogens is 1. The number of benzene rings is 2. The Hall–Kier alpha value is -5.23. The number of anilines is 1. The predicted molar refractivity (Wildman–Crippen MR) is 298 cm³/mol. The van der Waals surface area contributed by atoms with Crippen LogP contribution in [0.3, 0.4) is 0 Å². The first-order valence-electron chi connectivity index (χ1n) is 26.3. The van der Waals surface area contributed by atoms with Crippen molar-refractivity contribution in [1.82, 2.24) is 9.31 Å². The summed E-state index contributed by atoms with van der Waals surface area (Å²) in [7, 11) is -11.7. The lowest BCUT2D eigenvalue weighted by atomic mass is 9.77. The molecule has 5 rings (SSSR count). The molecule has 1 aliphatic carbocycles. The molecule has 446 valence electrons. The van der Waals surface area contributed by atoms with Crippen LogP contribution < -0.4 is 19.7 Å². The van der Waals surface area contributed by atoms with Crippen molar-refractivity contribution >= 4 is 48.1 Å². The second-order valence-electron chi connectivity index (χ2n) is 20.2. The van der Waals surface area contributed by atoms with Gasteiger partial charge in [0, 0.05) is 67.1 Å². The molecule has 23 nitrogen and oxygen atoms in total. The van der Waals surface area contributed by atoms with Crippen LogP contribution in [0.1, 0.15) is 89.5 Å². The zero-order valence-electron chi connectivity index (χ0n) is 46.1. The minimum Gasteiger partial charge on any atom is -0.492 e. The lowest BCUT2D eigenvalue weighted by Crippen LogP contribution is -2.35. The zero-order chi connectivity index (χ0) is 58.6. The van der Waals surface area contributed by atoms with Crippen molar-refractivity contribution < 1.29 is 91.6 Å². The van der Waals surface area contributed by atoms with Crippen LogP contribution in [0.2, 0.25) is 0 Å². The van der Waals surface area contributed by atoms with Gasteiger partial charge in [0.05, 0.1) is 88.5 Å². The molecular formula is C54H78N3O20S3+. The number of unbranched alkanes of at least 4 members (excludes halogenated alkanes) is 2. The number of allylic oxidation sites excluding steroid dienone is 3. The van der Waals surface area contributed by atoms with Crippen LogP contribution in [0.15, 0.2) is 81.8 Å². The molecule has 0 radical (unpaired) electrons. The van der Waals surface area contributed by atoms with Gasteiger partial charge in [0.15, 0.2) is 6.54 Å². The van der Waals surface area contributed by atoms with E-state index in [1.165, 1.54) is 24.3 Å². The zero-order valence-corrected chi connectivity index (χ0v) is 48.6. The summed E-state index contributed by atoms with van der Waals surface area (Å²) in [4.78, 5) is 19.3. The summed E-state index contributed by atoms with van der Waals surface area (Å²) in [6, 6.07) is 14.2. The van der Waals surface area contributed by atoms with E-state index in [0.29, 0.717) is 137 Å². The molecule has 0 saturated heterocycles. The summed E-state index contributed by atoms with van der Waals surface area (Å²) in [6.45, 7) is 13.5. The molecule has 0 spiro atoms. The fourth-order valence-corrected chi connectivity index (χ4v) is 10.6. The second kappa shape index (κ2) is 30.7. The minimum atomic E-state index is -4.67. The number of rotatable bonds is 36. The van der Waals surface area contributed by atoms with Gasteiger partial charge in [0.1, 0.15) is 24.7 Å². The van der Waals surface area contributed by atoms with Crippen molar-refractivity contribution in [3.63, 3.8) is 0 Å². The molecule has 3 heterocycles. The molecule has 0 bridgehead atoms. The van der Waals surface area contributed by atoms with E-state index >= 15 is 0 Å². The Kier molecular flexibility index (Phi) is 25.2. The average Bonchev–Trinajstić information content (AvgIpc) is 4.06. The number of carbonyl (C=O) groups is 1. The number of fused-ring (bicyclic) bond motifs is 2. The molecule has 80 heavy (non-hydrogen) atoms. The Morgan fingerprint density at radius 2 is 1.29 bits per heavy atom. The smallest absolute Gasteiger partial charge is 0.333 e. The number of hydrogen-bond acceptors (Lipinski definition) is 18. The lowest BCUT2D eigenvalue weighted by Gasteiger charge is -2.30. The van der Waals surface area contributed by atoms with E-state index < -0.39 is 65.0 Å². The van der Waals surface area contributed by atoms with Crippen LogP contribution in [0.4, 0.5) is 5.69 Å². The summed E-state index contributed by atoms with van der Waals surface area (Å²) in [5.74, 6) is -1.63. The maximum atomic E-state index is 12.6.